The van der Waals surface area contributed by atoms with Crippen LogP contribution in [0.15, 0.2) is 103 Å². The van der Waals surface area contributed by atoms with Gasteiger partial charge in [0, 0.05) is 36.4 Å². The van der Waals surface area contributed by atoms with Gasteiger partial charge in [-0.05, 0) is 42.0 Å². The highest BCUT2D eigenvalue weighted by molar-refractivity contribution is 5.91. The van der Waals surface area contributed by atoms with Crippen molar-refractivity contribution in [3.8, 4) is 0 Å². The minimum atomic E-state index is -1.57. The molecule has 17 nitrogen and oxygen atoms in total. The van der Waals surface area contributed by atoms with Gasteiger partial charge in [0.15, 0.2) is 12.2 Å². The Kier molecular flexibility index (Phi) is 10.8. The highest BCUT2D eigenvalue weighted by atomic mass is 16.7. The number of nitrogens with zero attached hydrogens (tertiary/aromatic N) is 3. The van der Waals surface area contributed by atoms with Crippen LogP contribution in [0.4, 0.5) is 17.1 Å². The van der Waals surface area contributed by atoms with Crippen LogP contribution in [0.25, 0.3) is 0 Å². The Morgan fingerprint density at radius 3 is 1.48 bits per heavy atom. The summed E-state index contributed by atoms with van der Waals surface area (Å²) >= 11 is 0. The summed E-state index contributed by atoms with van der Waals surface area (Å²) < 4.78 is 28.8. The van der Waals surface area contributed by atoms with Crippen molar-refractivity contribution in [1.82, 2.24) is 0 Å². The summed E-state index contributed by atoms with van der Waals surface area (Å²) in [7, 11) is 0. The molecule has 17 heteroatoms. The Morgan fingerprint density at radius 2 is 1.02 bits per heavy atom. The van der Waals surface area contributed by atoms with E-state index >= 15 is 0 Å². The van der Waals surface area contributed by atoms with Crippen LogP contribution in [0.1, 0.15) is 36.6 Å². The molecule has 0 saturated carbocycles. The van der Waals surface area contributed by atoms with E-state index in [-0.39, 0.29) is 40.4 Å². The van der Waals surface area contributed by atoms with E-state index in [0.717, 1.165) is 36.4 Å². The van der Waals surface area contributed by atoms with Crippen LogP contribution in [-0.2, 0) is 30.3 Å². The lowest BCUT2D eigenvalue weighted by atomic mass is 10.1. The predicted molar refractivity (Wildman–Crippen MR) is 168 cm³/mol. The quantitative estimate of drug-likeness (QED) is 0.0783. The monoisotopic (exact) mass is 687 g/mol. The van der Waals surface area contributed by atoms with Crippen LogP contribution in [0.2, 0.25) is 0 Å². The number of nitro groups is 3. The average Bonchev–Trinajstić information content (AvgIpc) is 3.44. The number of benzene rings is 4. The predicted octanol–water partition coefficient (Wildman–Crippen LogP) is 4.96. The molecule has 0 radical (unpaired) electrons. The molecule has 4 aromatic carbocycles. The van der Waals surface area contributed by atoms with Crippen molar-refractivity contribution in [1.29, 1.82) is 0 Å². The molecule has 1 saturated heterocycles. The van der Waals surface area contributed by atoms with Crippen molar-refractivity contribution in [2.75, 3.05) is 6.61 Å². The number of esters is 3. The Hall–Kier alpha value is -6.59. The van der Waals surface area contributed by atoms with Crippen molar-refractivity contribution >= 4 is 35.0 Å². The molecule has 0 aliphatic carbocycles. The minimum Gasteiger partial charge on any atom is -0.459 e. The second-order valence-electron chi connectivity index (χ2n) is 10.6. The van der Waals surface area contributed by atoms with Gasteiger partial charge in [0.1, 0.15) is 12.7 Å². The lowest BCUT2D eigenvalue weighted by Gasteiger charge is -2.24. The van der Waals surface area contributed by atoms with E-state index < -0.39 is 63.9 Å². The first-order chi connectivity index (χ1) is 24.0. The maximum Gasteiger partial charge on any atom is 0.340 e. The number of nitro benzene ring substituents is 3. The molecular formula is C33H25N3O14. The van der Waals surface area contributed by atoms with Gasteiger partial charge in [0.05, 0.1) is 38.1 Å². The van der Waals surface area contributed by atoms with Crippen LogP contribution in [-0.4, -0.2) is 63.9 Å². The summed E-state index contributed by atoms with van der Waals surface area (Å²) in [5.41, 5.74) is -0.304. The lowest BCUT2D eigenvalue weighted by molar-refractivity contribution is -0.385. The average molecular weight is 688 g/mol. The Bertz CT molecular complexity index is 1880. The molecule has 256 valence electrons. The van der Waals surface area contributed by atoms with Crippen molar-refractivity contribution in [2.45, 2.75) is 31.2 Å². The van der Waals surface area contributed by atoms with E-state index in [2.05, 4.69) is 0 Å². The summed E-state index contributed by atoms with van der Waals surface area (Å²) in [6.07, 6.45) is -5.61. The molecule has 5 rings (SSSR count). The topological polar surface area (TPSA) is 227 Å². The number of carbonyl (C=O) groups excluding carboxylic acids is 3. The van der Waals surface area contributed by atoms with Crippen molar-refractivity contribution in [3.63, 3.8) is 0 Å². The molecule has 0 N–H and O–H groups in total. The number of carbonyl (C=O) groups is 3. The van der Waals surface area contributed by atoms with Crippen molar-refractivity contribution in [2.24, 2.45) is 0 Å². The number of ether oxygens (including phenoxy) is 5. The van der Waals surface area contributed by atoms with Crippen LogP contribution in [0, 0.1) is 30.3 Å². The van der Waals surface area contributed by atoms with Crippen LogP contribution < -0.4 is 0 Å². The third kappa shape index (κ3) is 8.46. The molecule has 0 bridgehead atoms. The zero-order valence-corrected chi connectivity index (χ0v) is 25.6. The second-order valence-corrected chi connectivity index (χ2v) is 10.6. The first-order valence-corrected chi connectivity index (χ1v) is 14.6. The van der Waals surface area contributed by atoms with Gasteiger partial charge < -0.3 is 23.7 Å². The molecule has 4 unspecified atom stereocenters. The smallest absolute Gasteiger partial charge is 0.340 e. The number of rotatable bonds is 13. The third-order valence-corrected chi connectivity index (χ3v) is 7.34. The van der Waals surface area contributed by atoms with Gasteiger partial charge in [-0.3, -0.25) is 30.3 Å². The largest absolute Gasteiger partial charge is 0.459 e. The summed E-state index contributed by atoms with van der Waals surface area (Å²) in [6, 6.07) is 22.5. The number of hydrogen-bond donors (Lipinski definition) is 0. The molecule has 0 spiro atoms. The SMILES string of the molecule is O=C(OCC1OC(OC(=O)c2ccc([N+](=O)[O-])cc2)C(OCc2ccccc2)C1OC(=O)c1ccc([N+](=O)[O-])cc1)c1ccc([N+](=O)[O-])cc1. The molecule has 0 amide bonds. The van der Waals surface area contributed by atoms with E-state index in [4.69, 9.17) is 23.7 Å². The molecule has 4 atom stereocenters. The van der Waals surface area contributed by atoms with E-state index in [9.17, 15) is 44.7 Å². The molecule has 1 aliphatic heterocycles. The molecule has 0 aromatic heterocycles. The van der Waals surface area contributed by atoms with Gasteiger partial charge in [-0.25, -0.2) is 14.4 Å². The maximum absolute atomic E-state index is 13.3. The molecule has 1 fully saturated rings. The van der Waals surface area contributed by atoms with Crippen LogP contribution in [0.5, 0.6) is 0 Å². The van der Waals surface area contributed by atoms with Crippen LogP contribution in [0.3, 0.4) is 0 Å². The minimum absolute atomic E-state index is 0.0361. The Labute approximate surface area is 281 Å². The van der Waals surface area contributed by atoms with Gasteiger partial charge >= 0.3 is 17.9 Å². The summed E-state index contributed by atoms with van der Waals surface area (Å²) in [5, 5.41) is 33.2. The molecule has 4 aromatic rings. The van der Waals surface area contributed by atoms with Gasteiger partial charge in [0.2, 0.25) is 6.29 Å². The molecule has 1 aliphatic rings. The maximum atomic E-state index is 13.3. The summed E-state index contributed by atoms with van der Waals surface area (Å²) in [6.45, 7) is -0.661. The fraction of sp³-hybridized carbons (Fsp3) is 0.182. The lowest BCUT2D eigenvalue weighted by Crippen LogP contribution is -2.41. The molecule has 50 heavy (non-hydrogen) atoms. The van der Waals surface area contributed by atoms with Gasteiger partial charge in [-0.2, -0.15) is 0 Å². The first kappa shape index (κ1) is 34.7. The Morgan fingerprint density at radius 1 is 0.580 bits per heavy atom. The number of non-ortho nitro benzene ring substituents is 3. The van der Waals surface area contributed by atoms with E-state index in [1.165, 1.54) is 36.4 Å². The molecular weight excluding hydrogens is 662 g/mol. The van der Waals surface area contributed by atoms with E-state index in [1.807, 2.05) is 0 Å². The van der Waals surface area contributed by atoms with Gasteiger partial charge in [0.25, 0.3) is 17.1 Å². The van der Waals surface area contributed by atoms with E-state index in [1.54, 1.807) is 30.3 Å². The van der Waals surface area contributed by atoms with Gasteiger partial charge in [-0.1, -0.05) is 30.3 Å². The zero-order chi connectivity index (χ0) is 35.8. The fourth-order valence-corrected chi connectivity index (χ4v) is 4.77. The summed E-state index contributed by atoms with van der Waals surface area (Å²) in [4.78, 5) is 70.5. The van der Waals surface area contributed by atoms with Gasteiger partial charge in [-0.15, -0.1) is 0 Å². The zero-order valence-electron chi connectivity index (χ0n) is 25.6. The normalized spacial score (nSPS) is 18.1. The van der Waals surface area contributed by atoms with E-state index in [0.29, 0.717) is 5.56 Å². The number of hydrogen-bond acceptors (Lipinski definition) is 14. The fourth-order valence-electron chi connectivity index (χ4n) is 4.77. The third-order valence-electron chi connectivity index (χ3n) is 7.34. The second kappa shape index (κ2) is 15.5. The van der Waals surface area contributed by atoms with Crippen molar-refractivity contribution in [3.05, 3.63) is 156 Å². The first-order valence-electron chi connectivity index (χ1n) is 14.6. The standard InChI is InChI=1S/C33H25N3O14/c37-30(21-6-12-24(13-7-21)34(40)41)47-19-27-28(49-31(38)22-8-14-25(15-9-22)35(42)43)29(46-18-20-4-2-1-3-5-20)33(48-27)50-32(39)23-10-16-26(17-11-23)36(44)45/h1-17,27-29,33H,18-19H2. The summed E-state index contributed by atoms with van der Waals surface area (Å²) in [5.74, 6) is -2.84. The highest BCUT2D eigenvalue weighted by Crippen LogP contribution is 2.31. The van der Waals surface area contributed by atoms with Crippen molar-refractivity contribution < 1.29 is 52.8 Å². The highest BCUT2D eigenvalue weighted by Gasteiger charge is 2.51. The van der Waals surface area contributed by atoms with Crippen LogP contribution >= 0.6 is 0 Å². The Balaban J connectivity index is 1.42. The molecule has 1 heterocycles.